The number of rotatable bonds is 4. The predicted octanol–water partition coefficient (Wildman–Crippen LogP) is 5.66. The van der Waals surface area contributed by atoms with E-state index in [9.17, 15) is 0 Å². The molecule has 2 aromatic carbocycles. The van der Waals surface area contributed by atoms with E-state index in [2.05, 4.69) is 11.1 Å². The summed E-state index contributed by atoms with van der Waals surface area (Å²) < 4.78 is 11.1. The van der Waals surface area contributed by atoms with Crippen LogP contribution in [-0.2, 0) is 0 Å². The van der Waals surface area contributed by atoms with Crippen LogP contribution in [0.15, 0.2) is 42.5 Å². The van der Waals surface area contributed by atoms with Crippen LogP contribution < -0.4 is 9.47 Å². The first kappa shape index (κ1) is 16.6. The molecule has 0 saturated heterocycles. The molecule has 3 aromatic rings. The number of ether oxygens (including phenoxy) is 2. The number of pyridine rings is 1. The number of hydrogen-bond acceptors (Lipinski definition) is 3. The molecule has 3 nitrogen and oxygen atoms in total. The average molecular weight is 342 g/mol. The van der Waals surface area contributed by atoms with Crippen LogP contribution in [0.5, 0.6) is 11.5 Å². The van der Waals surface area contributed by atoms with Crippen molar-refractivity contribution in [2.45, 2.75) is 26.9 Å². The van der Waals surface area contributed by atoms with E-state index in [1.807, 2.05) is 57.2 Å². The van der Waals surface area contributed by atoms with Gasteiger partial charge in [-0.25, -0.2) is 4.98 Å². The van der Waals surface area contributed by atoms with Gasteiger partial charge in [0.1, 0.15) is 16.7 Å². The van der Waals surface area contributed by atoms with Gasteiger partial charge in [0.05, 0.1) is 18.9 Å². The van der Waals surface area contributed by atoms with E-state index in [-0.39, 0.29) is 6.10 Å². The molecule has 0 amide bonds. The molecule has 0 N–H and O–H groups in total. The Hall–Kier alpha value is -2.26. The first-order valence-electron chi connectivity index (χ1n) is 7.90. The summed E-state index contributed by atoms with van der Waals surface area (Å²) in [6.07, 6.45) is 0.148. The quantitative estimate of drug-likeness (QED) is 0.574. The molecule has 0 saturated carbocycles. The Morgan fingerprint density at radius 1 is 1.04 bits per heavy atom. The summed E-state index contributed by atoms with van der Waals surface area (Å²) in [6.45, 7) is 6.07. The van der Waals surface area contributed by atoms with Crippen LogP contribution in [0, 0.1) is 6.92 Å². The SMILES string of the molecule is COc1ccc2c(Cl)nc(-c3ccc(OC(C)C)c(C)c3)cc2c1. The van der Waals surface area contributed by atoms with Crippen molar-refractivity contribution in [2.75, 3.05) is 7.11 Å². The molecule has 0 unspecified atom stereocenters. The Labute approximate surface area is 147 Å². The van der Waals surface area contributed by atoms with Crippen molar-refractivity contribution in [3.8, 4) is 22.8 Å². The van der Waals surface area contributed by atoms with Crippen LogP contribution in [0.2, 0.25) is 5.15 Å². The second kappa shape index (κ2) is 6.70. The van der Waals surface area contributed by atoms with Gasteiger partial charge in [-0.15, -0.1) is 0 Å². The summed E-state index contributed by atoms with van der Waals surface area (Å²) in [5, 5.41) is 2.41. The standard InChI is InChI=1S/C20H20ClNO2/c1-12(2)24-19-8-5-14(9-13(19)3)18-11-15-10-16(23-4)6-7-17(15)20(21)22-18/h5-12H,1-4H3. The van der Waals surface area contributed by atoms with Crippen molar-refractivity contribution < 1.29 is 9.47 Å². The molecule has 0 atom stereocenters. The van der Waals surface area contributed by atoms with Crippen molar-refractivity contribution >= 4 is 22.4 Å². The Morgan fingerprint density at radius 2 is 1.83 bits per heavy atom. The van der Waals surface area contributed by atoms with E-state index in [0.29, 0.717) is 5.15 Å². The van der Waals surface area contributed by atoms with Crippen molar-refractivity contribution in [2.24, 2.45) is 0 Å². The fourth-order valence-corrected chi connectivity index (χ4v) is 2.93. The van der Waals surface area contributed by atoms with Crippen molar-refractivity contribution in [1.82, 2.24) is 4.98 Å². The number of hydrogen-bond donors (Lipinski definition) is 0. The van der Waals surface area contributed by atoms with Gasteiger partial charge in [-0.05, 0) is 74.2 Å². The number of aryl methyl sites for hydroxylation is 1. The second-order valence-corrected chi connectivity index (χ2v) is 6.39. The molecule has 0 aliphatic heterocycles. The first-order valence-corrected chi connectivity index (χ1v) is 8.27. The number of benzene rings is 2. The molecule has 4 heteroatoms. The van der Waals surface area contributed by atoms with Gasteiger partial charge in [-0.1, -0.05) is 11.6 Å². The minimum absolute atomic E-state index is 0.148. The van der Waals surface area contributed by atoms with E-state index in [0.717, 1.165) is 39.1 Å². The maximum absolute atomic E-state index is 6.37. The number of methoxy groups -OCH3 is 1. The molecular weight excluding hydrogens is 322 g/mol. The fourth-order valence-electron chi connectivity index (χ4n) is 2.66. The molecule has 1 aromatic heterocycles. The van der Waals surface area contributed by atoms with Gasteiger partial charge in [0.2, 0.25) is 0 Å². The summed E-state index contributed by atoms with van der Waals surface area (Å²) in [6, 6.07) is 13.9. The molecule has 0 radical (unpaired) electrons. The molecule has 0 fully saturated rings. The molecule has 0 aliphatic rings. The lowest BCUT2D eigenvalue weighted by atomic mass is 10.0. The number of aromatic nitrogens is 1. The summed E-state index contributed by atoms with van der Waals surface area (Å²) in [5.74, 6) is 1.69. The molecule has 24 heavy (non-hydrogen) atoms. The first-order chi connectivity index (χ1) is 11.5. The third-order valence-corrected chi connectivity index (χ3v) is 4.11. The van der Waals surface area contributed by atoms with Crippen molar-refractivity contribution in [3.05, 3.63) is 53.2 Å². The molecule has 3 rings (SSSR count). The highest BCUT2D eigenvalue weighted by Crippen LogP contribution is 2.32. The molecular formula is C20H20ClNO2. The van der Waals surface area contributed by atoms with Gasteiger partial charge >= 0.3 is 0 Å². The zero-order valence-electron chi connectivity index (χ0n) is 14.3. The minimum atomic E-state index is 0.148. The Kier molecular flexibility index (Phi) is 4.63. The second-order valence-electron chi connectivity index (χ2n) is 6.03. The molecule has 0 aliphatic carbocycles. The molecule has 124 valence electrons. The van der Waals surface area contributed by atoms with Gasteiger partial charge in [0, 0.05) is 10.9 Å². The smallest absolute Gasteiger partial charge is 0.137 e. The van der Waals surface area contributed by atoms with Gasteiger partial charge in [-0.2, -0.15) is 0 Å². The lowest BCUT2D eigenvalue weighted by Crippen LogP contribution is -2.06. The van der Waals surface area contributed by atoms with E-state index in [1.54, 1.807) is 7.11 Å². The Bertz CT molecular complexity index is 890. The van der Waals surface area contributed by atoms with Gasteiger partial charge in [0.15, 0.2) is 0 Å². The largest absolute Gasteiger partial charge is 0.497 e. The average Bonchev–Trinajstić information content (AvgIpc) is 2.55. The number of nitrogens with zero attached hydrogens (tertiary/aromatic N) is 1. The predicted molar refractivity (Wildman–Crippen MR) is 99.2 cm³/mol. The van der Waals surface area contributed by atoms with E-state index in [4.69, 9.17) is 21.1 Å². The zero-order chi connectivity index (χ0) is 17.3. The highest BCUT2D eigenvalue weighted by atomic mass is 35.5. The highest BCUT2D eigenvalue weighted by Gasteiger charge is 2.10. The van der Waals surface area contributed by atoms with Crippen LogP contribution in [-0.4, -0.2) is 18.2 Å². The summed E-state index contributed by atoms with van der Waals surface area (Å²) >= 11 is 6.37. The topological polar surface area (TPSA) is 31.4 Å². The van der Waals surface area contributed by atoms with Crippen LogP contribution in [0.1, 0.15) is 19.4 Å². The monoisotopic (exact) mass is 341 g/mol. The Morgan fingerprint density at radius 3 is 2.50 bits per heavy atom. The van der Waals surface area contributed by atoms with Crippen LogP contribution in [0.3, 0.4) is 0 Å². The van der Waals surface area contributed by atoms with Gasteiger partial charge in [0.25, 0.3) is 0 Å². The normalized spacial score (nSPS) is 11.1. The summed E-state index contributed by atoms with van der Waals surface area (Å²) in [5.41, 5.74) is 2.92. The van der Waals surface area contributed by atoms with Crippen molar-refractivity contribution in [1.29, 1.82) is 0 Å². The summed E-state index contributed by atoms with van der Waals surface area (Å²) in [7, 11) is 1.65. The van der Waals surface area contributed by atoms with Gasteiger partial charge in [-0.3, -0.25) is 0 Å². The van der Waals surface area contributed by atoms with Crippen LogP contribution in [0.25, 0.3) is 22.0 Å². The lowest BCUT2D eigenvalue weighted by molar-refractivity contribution is 0.241. The van der Waals surface area contributed by atoms with Crippen LogP contribution >= 0.6 is 11.6 Å². The van der Waals surface area contributed by atoms with Crippen molar-refractivity contribution in [3.63, 3.8) is 0 Å². The molecule has 1 heterocycles. The lowest BCUT2D eigenvalue weighted by Gasteiger charge is -2.13. The highest BCUT2D eigenvalue weighted by molar-refractivity contribution is 6.34. The molecule has 0 bridgehead atoms. The maximum atomic E-state index is 6.37. The summed E-state index contributed by atoms with van der Waals surface area (Å²) in [4.78, 5) is 4.54. The van der Waals surface area contributed by atoms with Gasteiger partial charge < -0.3 is 9.47 Å². The van der Waals surface area contributed by atoms with E-state index >= 15 is 0 Å². The number of halogens is 1. The fraction of sp³-hybridized carbons (Fsp3) is 0.250. The molecule has 0 spiro atoms. The van der Waals surface area contributed by atoms with E-state index in [1.165, 1.54) is 0 Å². The minimum Gasteiger partial charge on any atom is -0.497 e. The number of fused-ring (bicyclic) bond motifs is 1. The third-order valence-electron chi connectivity index (χ3n) is 3.83. The Balaban J connectivity index is 2.07. The third kappa shape index (κ3) is 3.31. The van der Waals surface area contributed by atoms with Crippen LogP contribution in [0.4, 0.5) is 0 Å². The maximum Gasteiger partial charge on any atom is 0.137 e. The van der Waals surface area contributed by atoms with E-state index < -0.39 is 0 Å². The zero-order valence-corrected chi connectivity index (χ0v) is 15.0.